The van der Waals surface area contributed by atoms with Gasteiger partial charge in [-0.2, -0.15) is 4.68 Å². The molecule has 2 N–H and O–H groups in total. The lowest BCUT2D eigenvalue weighted by atomic mass is 10.2. The molecule has 2 aromatic carbocycles. The van der Waals surface area contributed by atoms with Crippen LogP contribution in [0.25, 0.3) is 5.69 Å². The molecule has 9 nitrogen and oxygen atoms in total. The summed E-state index contributed by atoms with van der Waals surface area (Å²) in [5, 5.41) is 16.9. The monoisotopic (exact) mass is 446 g/mol. The first-order valence-electron chi connectivity index (χ1n) is 9.53. The zero-order valence-electron chi connectivity index (χ0n) is 16.6. The number of amides is 1. The van der Waals surface area contributed by atoms with E-state index >= 15 is 0 Å². The Balaban J connectivity index is 1.69. The number of anilines is 2. The van der Waals surface area contributed by atoms with Gasteiger partial charge in [-0.05, 0) is 47.2 Å². The zero-order valence-corrected chi connectivity index (χ0v) is 17.4. The molecule has 0 bridgehead atoms. The van der Waals surface area contributed by atoms with E-state index < -0.39 is 17.7 Å². The normalized spacial score (nSPS) is 10.5. The van der Waals surface area contributed by atoms with Crippen LogP contribution in [0.2, 0.25) is 5.02 Å². The average molecular weight is 447 g/mol. The lowest BCUT2D eigenvalue weighted by Crippen LogP contribution is -2.23. The fraction of sp³-hybridized carbons (Fsp3) is 0.250. The largest absolute Gasteiger partial charge is 0.421 e. The summed E-state index contributed by atoms with van der Waals surface area (Å²) in [4.78, 5) is 24.4. The number of rotatable bonds is 9. The van der Waals surface area contributed by atoms with Crippen molar-refractivity contribution in [3.63, 3.8) is 0 Å². The third kappa shape index (κ3) is 5.98. The minimum absolute atomic E-state index is 0.180. The fourth-order valence-corrected chi connectivity index (χ4v) is 2.86. The van der Waals surface area contributed by atoms with Gasteiger partial charge in [0.1, 0.15) is 6.33 Å². The van der Waals surface area contributed by atoms with Crippen LogP contribution in [0.15, 0.2) is 42.7 Å². The molecule has 0 saturated carbocycles. The van der Waals surface area contributed by atoms with Crippen molar-refractivity contribution in [1.29, 1.82) is 0 Å². The maximum atomic E-state index is 14.2. The minimum Gasteiger partial charge on any atom is -0.421 e. The molecule has 0 fully saturated rings. The molecule has 0 spiro atoms. The van der Waals surface area contributed by atoms with Gasteiger partial charge in [0.25, 0.3) is 0 Å². The predicted molar refractivity (Wildman–Crippen MR) is 113 cm³/mol. The van der Waals surface area contributed by atoms with Gasteiger partial charge in [0, 0.05) is 11.4 Å². The van der Waals surface area contributed by atoms with E-state index in [1.807, 2.05) is 6.92 Å². The highest BCUT2D eigenvalue weighted by Crippen LogP contribution is 2.28. The SMILES string of the molecule is CCCCC(=O)Oc1c(F)cccc1NCC(=O)Nc1cc(Cl)ccc1-n1cnnn1. The molecule has 0 aliphatic heterocycles. The van der Waals surface area contributed by atoms with Gasteiger partial charge in [-0.15, -0.1) is 5.10 Å². The summed E-state index contributed by atoms with van der Waals surface area (Å²) in [5.41, 5.74) is 1.09. The smallest absolute Gasteiger partial charge is 0.311 e. The molecule has 3 aromatic rings. The van der Waals surface area contributed by atoms with Gasteiger partial charge in [0.05, 0.1) is 23.6 Å². The molecule has 11 heteroatoms. The number of hydrogen-bond acceptors (Lipinski definition) is 7. The summed E-state index contributed by atoms with van der Waals surface area (Å²) in [6.45, 7) is 1.72. The van der Waals surface area contributed by atoms with Crippen molar-refractivity contribution < 1.29 is 18.7 Å². The number of halogens is 2. The number of carbonyl (C=O) groups is 2. The lowest BCUT2D eigenvalue weighted by Gasteiger charge is -2.14. The van der Waals surface area contributed by atoms with Gasteiger partial charge in [-0.3, -0.25) is 9.59 Å². The number of nitrogens with zero attached hydrogens (tertiary/aromatic N) is 4. The number of aromatic nitrogens is 4. The van der Waals surface area contributed by atoms with Gasteiger partial charge >= 0.3 is 5.97 Å². The molecular weight excluding hydrogens is 427 g/mol. The molecule has 31 heavy (non-hydrogen) atoms. The molecule has 0 aliphatic carbocycles. The van der Waals surface area contributed by atoms with Crippen LogP contribution in [0.4, 0.5) is 15.8 Å². The van der Waals surface area contributed by atoms with Crippen molar-refractivity contribution in [1.82, 2.24) is 20.2 Å². The van der Waals surface area contributed by atoms with Gasteiger partial charge in [0.2, 0.25) is 5.91 Å². The van der Waals surface area contributed by atoms with Crippen LogP contribution >= 0.6 is 11.6 Å². The summed E-state index contributed by atoms with van der Waals surface area (Å²) in [7, 11) is 0. The molecule has 1 heterocycles. The highest BCUT2D eigenvalue weighted by atomic mass is 35.5. The number of para-hydroxylation sites is 1. The maximum absolute atomic E-state index is 14.2. The van der Waals surface area contributed by atoms with E-state index in [4.69, 9.17) is 16.3 Å². The second kappa shape index (κ2) is 10.5. The number of unbranched alkanes of at least 4 members (excludes halogenated alkanes) is 1. The van der Waals surface area contributed by atoms with Crippen molar-refractivity contribution in [2.24, 2.45) is 0 Å². The van der Waals surface area contributed by atoms with Crippen LogP contribution in [-0.2, 0) is 9.59 Å². The number of hydrogen-bond donors (Lipinski definition) is 2. The summed E-state index contributed by atoms with van der Waals surface area (Å²) in [5.74, 6) is -1.92. The molecule has 0 unspecified atom stereocenters. The molecule has 0 saturated heterocycles. The Morgan fingerprint density at radius 1 is 1.23 bits per heavy atom. The van der Waals surface area contributed by atoms with Crippen molar-refractivity contribution in [2.45, 2.75) is 26.2 Å². The van der Waals surface area contributed by atoms with E-state index in [1.54, 1.807) is 18.2 Å². The van der Waals surface area contributed by atoms with E-state index in [9.17, 15) is 14.0 Å². The molecule has 0 atom stereocenters. The molecular formula is C20H20ClFN6O3. The highest BCUT2D eigenvalue weighted by Gasteiger charge is 2.16. The summed E-state index contributed by atoms with van der Waals surface area (Å²) >= 11 is 6.04. The third-order valence-corrected chi connectivity index (χ3v) is 4.42. The lowest BCUT2D eigenvalue weighted by molar-refractivity contribution is -0.134. The first-order chi connectivity index (χ1) is 15.0. The molecule has 1 amide bonds. The molecule has 1 aromatic heterocycles. The third-order valence-electron chi connectivity index (χ3n) is 4.19. The van der Waals surface area contributed by atoms with Crippen LogP contribution in [0.5, 0.6) is 5.75 Å². The van der Waals surface area contributed by atoms with Crippen molar-refractivity contribution in [3.8, 4) is 11.4 Å². The Labute approximate surface area is 182 Å². The minimum atomic E-state index is -0.703. The number of nitrogens with one attached hydrogen (secondary N) is 2. The molecule has 162 valence electrons. The highest BCUT2D eigenvalue weighted by molar-refractivity contribution is 6.31. The summed E-state index contributed by atoms with van der Waals surface area (Å²) in [6, 6.07) is 8.99. The number of tetrazole rings is 1. The fourth-order valence-electron chi connectivity index (χ4n) is 2.69. The maximum Gasteiger partial charge on any atom is 0.311 e. The van der Waals surface area contributed by atoms with E-state index in [0.717, 1.165) is 6.42 Å². The zero-order chi connectivity index (χ0) is 22.2. The quantitative estimate of drug-likeness (QED) is 0.381. The van der Waals surface area contributed by atoms with Crippen LogP contribution in [0, 0.1) is 5.82 Å². The Bertz CT molecular complexity index is 1060. The van der Waals surface area contributed by atoms with Gasteiger partial charge in [-0.25, -0.2) is 4.39 Å². The first-order valence-corrected chi connectivity index (χ1v) is 9.91. The van der Waals surface area contributed by atoms with E-state index in [1.165, 1.54) is 29.2 Å². The van der Waals surface area contributed by atoms with Crippen LogP contribution in [0.1, 0.15) is 26.2 Å². The Hall–Kier alpha value is -3.53. The number of carbonyl (C=O) groups excluding carboxylic acids is 2. The molecule has 0 aliphatic rings. The number of esters is 1. The van der Waals surface area contributed by atoms with Gasteiger partial charge < -0.3 is 15.4 Å². The van der Waals surface area contributed by atoms with Crippen LogP contribution in [-0.4, -0.2) is 38.6 Å². The molecule has 3 rings (SSSR count). The number of benzene rings is 2. The van der Waals surface area contributed by atoms with Crippen LogP contribution in [0.3, 0.4) is 0 Å². The second-order valence-electron chi connectivity index (χ2n) is 6.51. The van der Waals surface area contributed by atoms with Crippen LogP contribution < -0.4 is 15.4 Å². The van der Waals surface area contributed by atoms with Crippen molar-refractivity contribution >= 4 is 34.9 Å². The topological polar surface area (TPSA) is 111 Å². The number of ether oxygens (including phenoxy) is 1. The van der Waals surface area contributed by atoms with E-state index in [0.29, 0.717) is 22.8 Å². The van der Waals surface area contributed by atoms with E-state index in [2.05, 4.69) is 26.2 Å². The van der Waals surface area contributed by atoms with Gasteiger partial charge in [0.15, 0.2) is 11.6 Å². The summed E-state index contributed by atoms with van der Waals surface area (Å²) < 4.78 is 20.7. The first kappa shape index (κ1) is 22.2. The van der Waals surface area contributed by atoms with E-state index in [-0.39, 0.29) is 24.4 Å². The average Bonchev–Trinajstić information content (AvgIpc) is 3.27. The standard InChI is InChI=1S/C20H20ClFN6O3/c1-2-3-7-19(30)31-20-14(22)5-4-6-15(20)23-11-18(29)25-16-10-13(21)8-9-17(16)28-12-24-26-27-28/h4-6,8-10,12,23H,2-3,7,11H2,1H3,(H,25,29). The Morgan fingerprint density at radius 3 is 2.81 bits per heavy atom. The Kier molecular flexibility index (Phi) is 7.50. The summed E-state index contributed by atoms with van der Waals surface area (Å²) in [6.07, 6.45) is 3.01. The van der Waals surface area contributed by atoms with Crippen molar-refractivity contribution in [2.75, 3.05) is 17.2 Å². The van der Waals surface area contributed by atoms with Crippen molar-refractivity contribution in [3.05, 3.63) is 53.6 Å². The Morgan fingerprint density at radius 2 is 2.06 bits per heavy atom. The van der Waals surface area contributed by atoms with Gasteiger partial charge in [-0.1, -0.05) is 31.0 Å². The predicted octanol–water partition coefficient (Wildman–Crippen LogP) is 3.60. The second-order valence-corrected chi connectivity index (χ2v) is 6.95. The molecule has 0 radical (unpaired) electrons.